The molecule has 2 nitrogen and oxygen atoms in total. The SMILES string of the molecule is Cc1ccc(CNCCCNCc2ccc(F)cc2)cc1. The van der Waals surface area contributed by atoms with Crippen molar-refractivity contribution in [1.82, 2.24) is 10.6 Å². The van der Waals surface area contributed by atoms with Crippen molar-refractivity contribution in [2.24, 2.45) is 0 Å². The maximum atomic E-state index is 12.7. The van der Waals surface area contributed by atoms with Gasteiger partial charge < -0.3 is 10.6 Å². The van der Waals surface area contributed by atoms with E-state index in [4.69, 9.17) is 0 Å². The van der Waals surface area contributed by atoms with Crippen molar-refractivity contribution < 1.29 is 4.39 Å². The van der Waals surface area contributed by atoms with Crippen molar-refractivity contribution in [3.63, 3.8) is 0 Å². The van der Waals surface area contributed by atoms with E-state index in [1.807, 2.05) is 12.1 Å². The highest BCUT2D eigenvalue weighted by atomic mass is 19.1. The molecule has 0 unspecified atom stereocenters. The average Bonchev–Trinajstić information content (AvgIpc) is 2.50. The van der Waals surface area contributed by atoms with Gasteiger partial charge in [0.15, 0.2) is 0 Å². The molecular formula is C18H23FN2. The second kappa shape index (κ2) is 8.55. The van der Waals surface area contributed by atoms with Crippen LogP contribution in [-0.4, -0.2) is 13.1 Å². The number of hydrogen-bond donors (Lipinski definition) is 2. The Labute approximate surface area is 126 Å². The van der Waals surface area contributed by atoms with Crippen molar-refractivity contribution in [1.29, 1.82) is 0 Å². The van der Waals surface area contributed by atoms with E-state index in [1.54, 1.807) is 0 Å². The topological polar surface area (TPSA) is 24.1 Å². The largest absolute Gasteiger partial charge is 0.313 e. The van der Waals surface area contributed by atoms with E-state index in [-0.39, 0.29) is 5.82 Å². The lowest BCUT2D eigenvalue weighted by Crippen LogP contribution is -2.21. The van der Waals surface area contributed by atoms with Gasteiger partial charge >= 0.3 is 0 Å². The Hall–Kier alpha value is -1.71. The lowest BCUT2D eigenvalue weighted by Gasteiger charge is -2.07. The minimum absolute atomic E-state index is 0.181. The van der Waals surface area contributed by atoms with E-state index in [9.17, 15) is 4.39 Å². The van der Waals surface area contributed by atoms with Gasteiger partial charge in [0.1, 0.15) is 5.82 Å². The maximum absolute atomic E-state index is 12.7. The van der Waals surface area contributed by atoms with Crippen molar-refractivity contribution in [2.75, 3.05) is 13.1 Å². The second-order valence-electron chi connectivity index (χ2n) is 5.32. The lowest BCUT2D eigenvalue weighted by atomic mass is 10.1. The summed E-state index contributed by atoms with van der Waals surface area (Å²) in [5, 5.41) is 6.80. The molecular weight excluding hydrogens is 263 g/mol. The van der Waals surface area contributed by atoms with E-state index in [2.05, 4.69) is 41.8 Å². The van der Waals surface area contributed by atoms with Crippen LogP contribution in [0.2, 0.25) is 0 Å². The summed E-state index contributed by atoms with van der Waals surface area (Å²) >= 11 is 0. The molecule has 0 radical (unpaired) electrons. The molecule has 0 bridgehead atoms. The third-order valence-electron chi connectivity index (χ3n) is 3.40. The summed E-state index contributed by atoms with van der Waals surface area (Å²) < 4.78 is 12.7. The van der Waals surface area contributed by atoms with Gasteiger partial charge in [-0.25, -0.2) is 4.39 Å². The minimum atomic E-state index is -0.181. The van der Waals surface area contributed by atoms with Crippen LogP contribution >= 0.6 is 0 Å². The smallest absolute Gasteiger partial charge is 0.123 e. The van der Waals surface area contributed by atoms with Crippen molar-refractivity contribution >= 4 is 0 Å². The molecule has 0 atom stereocenters. The molecule has 0 spiro atoms. The van der Waals surface area contributed by atoms with Crippen molar-refractivity contribution in [2.45, 2.75) is 26.4 Å². The fraction of sp³-hybridized carbons (Fsp3) is 0.333. The molecule has 2 N–H and O–H groups in total. The first-order valence-electron chi connectivity index (χ1n) is 7.45. The van der Waals surface area contributed by atoms with Gasteiger partial charge in [-0.3, -0.25) is 0 Å². The van der Waals surface area contributed by atoms with E-state index < -0.39 is 0 Å². The number of halogens is 1. The van der Waals surface area contributed by atoms with Crippen molar-refractivity contribution in [3.8, 4) is 0 Å². The molecule has 0 heterocycles. The summed E-state index contributed by atoms with van der Waals surface area (Å²) in [6, 6.07) is 15.2. The van der Waals surface area contributed by atoms with E-state index in [1.165, 1.54) is 23.3 Å². The second-order valence-corrected chi connectivity index (χ2v) is 5.32. The molecule has 0 amide bonds. The van der Waals surface area contributed by atoms with Crippen LogP contribution in [0.25, 0.3) is 0 Å². The molecule has 0 fully saturated rings. The fourth-order valence-corrected chi connectivity index (χ4v) is 2.11. The molecule has 0 aromatic heterocycles. The minimum Gasteiger partial charge on any atom is -0.313 e. The third kappa shape index (κ3) is 6.06. The highest BCUT2D eigenvalue weighted by Crippen LogP contribution is 2.03. The molecule has 0 saturated heterocycles. The molecule has 2 rings (SSSR count). The zero-order valence-electron chi connectivity index (χ0n) is 12.5. The molecule has 0 aliphatic heterocycles. The van der Waals surface area contributed by atoms with Crippen molar-refractivity contribution in [3.05, 3.63) is 71.0 Å². The van der Waals surface area contributed by atoms with Gasteiger partial charge in [0.25, 0.3) is 0 Å². The van der Waals surface area contributed by atoms with Gasteiger partial charge in [0, 0.05) is 13.1 Å². The zero-order valence-corrected chi connectivity index (χ0v) is 12.5. The average molecular weight is 286 g/mol. The lowest BCUT2D eigenvalue weighted by molar-refractivity contribution is 0.593. The zero-order chi connectivity index (χ0) is 14.9. The van der Waals surface area contributed by atoms with Crippen LogP contribution in [0.1, 0.15) is 23.1 Å². The van der Waals surface area contributed by atoms with Gasteiger partial charge in [-0.05, 0) is 49.7 Å². The Morgan fingerprint density at radius 1 is 0.762 bits per heavy atom. The predicted molar refractivity (Wildman–Crippen MR) is 85.6 cm³/mol. The Balaban J connectivity index is 1.52. The van der Waals surface area contributed by atoms with Crippen LogP contribution in [0.5, 0.6) is 0 Å². The normalized spacial score (nSPS) is 10.8. The number of benzene rings is 2. The standard InChI is InChI=1S/C18H23FN2/c1-15-3-5-16(6-4-15)13-20-11-2-12-21-14-17-7-9-18(19)10-8-17/h3-10,20-21H,2,11-14H2,1H3. The Morgan fingerprint density at radius 2 is 1.24 bits per heavy atom. The molecule has 0 aliphatic rings. The molecule has 112 valence electrons. The quantitative estimate of drug-likeness (QED) is 0.727. The van der Waals surface area contributed by atoms with Crippen LogP contribution in [0.4, 0.5) is 4.39 Å². The Kier molecular flexibility index (Phi) is 6.38. The van der Waals surface area contributed by atoms with Crippen LogP contribution in [0.15, 0.2) is 48.5 Å². The summed E-state index contributed by atoms with van der Waals surface area (Å²) in [5.41, 5.74) is 3.73. The van der Waals surface area contributed by atoms with E-state index >= 15 is 0 Å². The van der Waals surface area contributed by atoms with E-state index in [0.717, 1.165) is 38.2 Å². The summed E-state index contributed by atoms with van der Waals surface area (Å²) in [6.07, 6.45) is 1.08. The third-order valence-corrected chi connectivity index (χ3v) is 3.40. The molecule has 2 aromatic carbocycles. The highest BCUT2D eigenvalue weighted by molar-refractivity contribution is 5.21. The molecule has 3 heteroatoms. The van der Waals surface area contributed by atoms with Crippen LogP contribution in [0, 0.1) is 12.7 Å². The number of aryl methyl sites for hydroxylation is 1. The molecule has 2 aromatic rings. The summed E-state index contributed by atoms with van der Waals surface area (Å²) in [6.45, 7) is 5.75. The summed E-state index contributed by atoms with van der Waals surface area (Å²) in [7, 11) is 0. The highest BCUT2D eigenvalue weighted by Gasteiger charge is 1.95. The number of nitrogens with one attached hydrogen (secondary N) is 2. The Morgan fingerprint density at radius 3 is 1.76 bits per heavy atom. The Bertz CT molecular complexity index is 470. The molecule has 0 saturated carbocycles. The van der Waals surface area contributed by atoms with Gasteiger partial charge in [0.05, 0.1) is 0 Å². The fourth-order valence-electron chi connectivity index (χ4n) is 2.11. The van der Waals surface area contributed by atoms with Crippen LogP contribution < -0.4 is 10.6 Å². The van der Waals surface area contributed by atoms with Gasteiger partial charge in [-0.15, -0.1) is 0 Å². The van der Waals surface area contributed by atoms with Gasteiger partial charge in [-0.1, -0.05) is 42.0 Å². The maximum Gasteiger partial charge on any atom is 0.123 e. The molecule has 21 heavy (non-hydrogen) atoms. The van der Waals surface area contributed by atoms with Gasteiger partial charge in [-0.2, -0.15) is 0 Å². The number of rotatable bonds is 8. The van der Waals surface area contributed by atoms with Crippen LogP contribution in [0.3, 0.4) is 0 Å². The first kappa shape index (κ1) is 15.7. The number of hydrogen-bond acceptors (Lipinski definition) is 2. The monoisotopic (exact) mass is 286 g/mol. The summed E-state index contributed by atoms with van der Waals surface area (Å²) in [5.74, 6) is -0.181. The van der Waals surface area contributed by atoms with Crippen LogP contribution in [-0.2, 0) is 13.1 Å². The first-order chi connectivity index (χ1) is 10.2. The predicted octanol–water partition coefficient (Wildman–Crippen LogP) is 3.40. The molecule has 0 aliphatic carbocycles. The van der Waals surface area contributed by atoms with Gasteiger partial charge in [0.2, 0.25) is 0 Å². The summed E-state index contributed by atoms with van der Waals surface area (Å²) in [4.78, 5) is 0. The first-order valence-corrected chi connectivity index (χ1v) is 7.45. The van der Waals surface area contributed by atoms with E-state index in [0.29, 0.717) is 0 Å².